The van der Waals surface area contributed by atoms with Crippen LogP contribution in [0.5, 0.6) is 0 Å². The Morgan fingerprint density at radius 3 is 2.50 bits per heavy atom. The average Bonchev–Trinajstić information content (AvgIpc) is 2.73. The topological polar surface area (TPSA) is 7.68 Å². The highest BCUT2D eigenvalue weighted by Gasteiger charge is 2.39. The Kier molecular flexibility index (Phi) is 7.86. The largest absolute Gasteiger partial charge is 0.322 e. The zero-order valence-corrected chi connectivity index (χ0v) is 18.0. The van der Waals surface area contributed by atoms with Crippen molar-refractivity contribution in [3.8, 4) is 0 Å². The molecule has 0 aromatic carbocycles. The second kappa shape index (κ2) is 10.8. The molecule has 2 heteroatoms. The van der Waals surface area contributed by atoms with Crippen LogP contribution in [0, 0.1) is 23.7 Å². The molecule has 4 rings (SSSR count). The lowest BCUT2D eigenvalue weighted by Crippen LogP contribution is -3.15. The fraction of sp³-hybridized carbons (Fsp3) is 0.769. The summed E-state index contributed by atoms with van der Waals surface area (Å²) >= 11 is 0. The molecule has 6 atom stereocenters. The zero-order chi connectivity index (χ0) is 19.0. The molecule has 156 valence electrons. The normalized spacial score (nSPS) is 40.3. The Morgan fingerprint density at radius 2 is 1.54 bits per heavy atom. The van der Waals surface area contributed by atoms with Crippen LogP contribution >= 0.6 is 0 Å². The Hall–Kier alpha value is -0.860. The first-order valence-corrected chi connectivity index (χ1v) is 12.5. The lowest BCUT2D eigenvalue weighted by molar-refractivity contribution is -0.920. The Labute approximate surface area is 173 Å². The van der Waals surface area contributed by atoms with Crippen molar-refractivity contribution < 1.29 is 4.90 Å². The van der Waals surface area contributed by atoms with Gasteiger partial charge in [-0.25, -0.2) is 0 Å². The van der Waals surface area contributed by atoms with Gasteiger partial charge in [0.1, 0.15) is 6.67 Å². The van der Waals surface area contributed by atoms with Crippen LogP contribution in [0.25, 0.3) is 0 Å². The number of allylic oxidation sites excluding steroid dienone is 5. The number of rotatable bonds is 0. The Bertz CT molecular complexity index is 549. The standard InChI is InChI=1S/C26H42N2/c1-2-4-6-8-13-24-17-16-23-14-9-10-15-25(23)26(24)21-28-20-12-19-27(22-28)18-11-7-5-3-1/h5,7-8,13,16-17,23-26H,1-4,6,9-12,14-15,18-22H2/p+1. The fourth-order valence-electron chi connectivity index (χ4n) is 6.32. The second-order valence-electron chi connectivity index (χ2n) is 9.90. The third-order valence-corrected chi connectivity index (χ3v) is 7.85. The first-order chi connectivity index (χ1) is 13.9. The predicted molar refractivity (Wildman–Crippen MR) is 119 cm³/mol. The van der Waals surface area contributed by atoms with Gasteiger partial charge in [-0.05, 0) is 56.8 Å². The lowest BCUT2D eigenvalue weighted by Gasteiger charge is -2.43. The van der Waals surface area contributed by atoms with Crippen molar-refractivity contribution in [1.29, 1.82) is 0 Å². The van der Waals surface area contributed by atoms with E-state index in [0.29, 0.717) is 5.92 Å². The molecule has 0 radical (unpaired) electrons. The molecule has 0 aromatic heterocycles. The summed E-state index contributed by atoms with van der Waals surface area (Å²) in [5.41, 5.74) is 0. The first-order valence-electron chi connectivity index (χ1n) is 12.5. The molecule has 2 bridgehead atoms. The minimum atomic E-state index is 0.694. The highest BCUT2D eigenvalue weighted by molar-refractivity contribution is 5.12. The van der Waals surface area contributed by atoms with Gasteiger partial charge in [0, 0.05) is 31.3 Å². The fourth-order valence-corrected chi connectivity index (χ4v) is 6.32. The number of quaternary nitrogens is 1. The van der Waals surface area contributed by atoms with E-state index in [1.165, 1.54) is 103 Å². The molecule has 0 amide bonds. The van der Waals surface area contributed by atoms with Gasteiger partial charge in [0.25, 0.3) is 0 Å². The van der Waals surface area contributed by atoms with E-state index < -0.39 is 0 Å². The van der Waals surface area contributed by atoms with Gasteiger partial charge in [-0.1, -0.05) is 55.7 Å². The third-order valence-electron chi connectivity index (χ3n) is 7.85. The summed E-state index contributed by atoms with van der Waals surface area (Å²) in [4.78, 5) is 4.60. The van der Waals surface area contributed by atoms with Crippen LogP contribution in [-0.4, -0.2) is 37.7 Å². The van der Waals surface area contributed by atoms with Crippen molar-refractivity contribution in [1.82, 2.24) is 4.90 Å². The maximum atomic E-state index is 2.74. The molecule has 1 saturated carbocycles. The van der Waals surface area contributed by atoms with Gasteiger partial charge in [-0.15, -0.1) is 0 Å². The quantitative estimate of drug-likeness (QED) is 0.600. The van der Waals surface area contributed by atoms with Crippen LogP contribution in [0.2, 0.25) is 0 Å². The predicted octanol–water partition coefficient (Wildman–Crippen LogP) is 4.61. The second-order valence-corrected chi connectivity index (χ2v) is 9.90. The monoisotopic (exact) mass is 383 g/mol. The number of fused-ring (bicyclic) bond motifs is 5. The Balaban J connectivity index is 1.48. The van der Waals surface area contributed by atoms with Crippen molar-refractivity contribution >= 4 is 0 Å². The van der Waals surface area contributed by atoms with Crippen LogP contribution in [0.15, 0.2) is 36.5 Å². The molecular weight excluding hydrogens is 340 g/mol. The van der Waals surface area contributed by atoms with E-state index in [1.54, 1.807) is 0 Å². The van der Waals surface area contributed by atoms with E-state index >= 15 is 0 Å². The Morgan fingerprint density at radius 1 is 0.679 bits per heavy atom. The van der Waals surface area contributed by atoms with E-state index in [4.69, 9.17) is 0 Å². The number of nitrogens with one attached hydrogen (secondary N) is 1. The van der Waals surface area contributed by atoms with Gasteiger partial charge >= 0.3 is 0 Å². The summed E-state index contributed by atoms with van der Waals surface area (Å²) < 4.78 is 0. The van der Waals surface area contributed by atoms with Crippen molar-refractivity contribution in [2.45, 2.75) is 70.6 Å². The number of nitrogens with zero attached hydrogens (tertiary/aromatic N) is 1. The highest BCUT2D eigenvalue weighted by Crippen LogP contribution is 2.43. The maximum Gasteiger partial charge on any atom is 0.133 e. The summed E-state index contributed by atoms with van der Waals surface area (Å²) in [5, 5.41) is 0. The molecule has 4 aliphatic rings. The van der Waals surface area contributed by atoms with Crippen LogP contribution in [0.4, 0.5) is 0 Å². The van der Waals surface area contributed by atoms with E-state index in [1.807, 2.05) is 4.90 Å². The molecule has 6 unspecified atom stereocenters. The van der Waals surface area contributed by atoms with E-state index in [2.05, 4.69) is 41.4 Å². The van der Waals surface area contributed by atoms with E-state index in [9.17, 15) is 0 Å². The molecule has 2 aliphatic heterocycles. The van der Waals surface area contributed by atoms with Crippen LogP contribution in [-0.2, 0) is 0 Å². The molecule has 2 heterocycles. The van der Waals surface area contributed by atoms with Crippen LogP contribution in [0.1, 0.15) is 70.6 Å². The number of hydrogen-bond donors (Lipinski definition) is 1. The van der Waals surface area contributed by atoms with Crippen molar-refractivity contribution in [2.24, 2.45) is 23.7 Å². The van der Waals surface area contributed by atoms with Crippen LogP contribution < -0.4 is 4.90 Å². The van der Waals surface area contributed by atoms with Gasteiger partial charge in [0.2, 0.25) is 0 Å². The van der Waals surface area contributed by atoms with E-state index in [0.717, 1.165) is 17.8 Å². The molecule has 0 aromatic rings. The molecule has 2 nitrogen and oxygen atoms in total. The summed E-state index contributed by atoms with van der Waals surface area (Å²) in [6.45, 7) is 6.65. The van der Waals surface area contributed by atoms with Gasteiger partial charge in [-0.2, -0.15) is 0 Å². The SMILES string of the molecule is C1=CCCN2CCC[NH+](CC3C(C=CCCCCC1)C=CC1CCCCC13)C2. The van der Waals surface area contributed by atoms with Crippen molar-refractivity contribution in [3.05, 3.63) is 36.5 Å². The minimum Gasteiger partial charge on any atom is -0.322 e. The van der Waals surface area contributed by atoms with Crippen LogP contribution in [0.3, 0.4) is 0 Å². The smallest absolute Gasteiger partial charge is 0.133 e. The van der Waals surface area contributed by atoms with Crippen molar-refractivity contribution in [3.63, 3.8) is 0 Å². The molecular formula is C26H43N2+. The van der Waals surface area contributed by atoms with Gasteiger partial charge in [-0.3, -0.25) is 4.90 Å². The summed E-state index contributed by atoms with van der Waals surface area (Å²) in [6, 6.07) is 0. The van der Waals surface area contributed by atoms with Gasteiger partial charge < -0.3 is 4.90 Å². The molecule has 1 N–H and O–H groups in total. The third kappa shape index (κ3) is 5.60. The zero-order valence-electron chi connectivity index (χ0n) is 18.0. The van der Waals surface area contributed by atoms with Gasteiger partial charge in [0.05, 0.1) is 13.1 Å². The first kappa shape index (κ1) is 20.4. The molecule has 28 heavy (non-hydrogen) atoms. The average molecular weight is 384 g/mol. The highest BCUT2D eigenvalue weighted by atomic mass is 15.3. The molecule has 2 fully saturated rings. The summed E-state index contributed by atoms with van der Waals surface area (Å²) in [7, 11) is 0. The summed E-state index contributed by atoms with van der Waals surface area (Å²) in [5.74, 6) is 3.39. The number of hydrogen-bond acceptors (Lipinski definition) is 1. The van der Waals surface area contributed by atoms with Gasteiger partial charge in [0.15, 0.2) is 0 Å². The molecule has 2 aliphatic carbocycles. The molecule has 1 saturated heterocycles. The summed E-state index contributed by atoms with van der Waals surface area (Å²) in [6.07, 6.45) is 30.4. The van der Waals surface area contributed by atoms with E-state index in [-0.39, 0.29) is 0 Å². The minimum absolute atomic E-state index is 0.694. The van der Waals surface area contributed by atoms with Crippen molar-refractivity contribution in [2.75, 3.05) is 32.8 Å². The lowest BCUT2D eigenvalue weighted by atomic mass is 9.64. The maximum absolute atomic E-state index is 2.74. The molecule has 0 spiro atoms.